The van der Waals surface area contributed by atoms with Gasteiger partial charge in [-0.3, -0.25) is 0 Å². The summed E-state index contributed by atoms with van der Waals surface area (Å²) in [5, 5.41) is 0. The van der Waals surface area contributed by atoms with E-state index in [0.29, 0.717) is 6.42 Å². The van der Waals surface area contributed by atoms with Gasteiger partial charge in [-0.05, 0) is 18.1 Å². The van der Waals surface area contributed by atoms with Gasteiger partial charge in [0, 0.05) is 12.5 Å². The molecule has 2 rings (SSSR count). The van der Waals surface area contributed by atoms with E-state index in [-0.39, 0.29) is 6.79 Å². The topological polar surface area (TPSA) is 27.7 Å². The van der Waals surface area contributed by atoms with Crippen LogP contribution in [0.3, 0.4) is 0 Å². The standard InChI is InChI=1S/C12H12O3/c1-3-4-5-9-6-11-12(15-8-14-11)7-10(9)13-2/h1,6-7H,4-5,8H2,2H3. The van der Waals surface area contributed by atoms with Crippen molar-refractivity contribution >= 4 is 0 Å². The average molecular weight is 204 g/mol. The summed E-state index contributed by atoms with van der Waals surface area (Å²) in [4.78, 5) is 0. The van der Waals surface area contributed by atoms with Crippen molar-refractivity contribution in [2.24, 2.45) is 0 Å². The Morgan fingerprint density at radius 2 is 2.13 bits per heavy atom. The number of benzene rings is 1. The van der Waals surface area contributed by atoms with Gasteiger partial charge in [0.25, 0.3) is 0 Å². The van der Waals surface area contributed by atoms with Gasteiger partial charge in [-0.15, -0.1) is 12.3 Å². The zero-order valence-electron chi connectivity index (χ0n) is 8.58. The molecule has 1 aromatic rings. The van der Waals surface area contributed by atoms with Crippen molar-refractivity contribution in [1.29, 1.82) is 0 Å². The first-order chi connectivity index (χ1) is 7.35. The summed E-state index contributed by atoms with van der Waals surface area (Å²) in [5.41, 5.74) is 1.06. The molecule has 0 aliphatic carbocycles. The zero-order chi connectivity index (χ0) is 10.7. The lowest BCUT2D eigenvalue weighted by atomic mass is 10.1. The lowest BCUT2D eigenvalue weighted by Crippen LogP contribution is -1.92. The normalized spacial score (nSPS) is 12.3. The van der Waals surface area contributed by atoms with Crippen LogP contribution in [-0.2, 0) is 6.42 Å². The van der Waals surface area contributed by atoms with E-state index >= 15 is 0 Å². The number of ether oxygens (including phenoxy) is 3. The van der Waals surface area contributed by atoms with Gasteiger partial charge in [0.1, 0.15) is 5.75 Å². The summed E-state index contributed by atoms with van der Waals surface area (Å²) >= 11 is 0. The van der Waals surface area contributed by atoms with Gasteiger partial charge in [-0.1, -0.05) is 0 Å². The van der Waals surface area contributed by atoms with Crippen LogP contribution in [0.4, 0.5) is 0 Å². The van der Waals surface area contributed by atoms with Crippen LogP contribution in [0.1, 0.15) is 12.0 Å². The summed E-state index contributed by atoms with van der Waals surface area (Å²) in [6, 6.07) is 3.77. The van der Waals surface area contributed by atoms with Crippen LogP contribution in [0.15, 0.2) is 12.1 Å². The maximum absolute atomic E-state index is 5.29. The zero-order valence-corrected chi connectivity index (χ0v) is 8.58. The Morgan fingerprint density at radius 3 is 2.80 bits per heavy atom. The first-order valence-corrected chi connectivity index (χ1v) is 4.75. The van der Waals surface area contributed by atoms with Crippen molar-refractivity contribution in [2.45, 2.75) is 12.8 Å². The molecule has 1 aliphatic rings. The Morgan fingerprint density at radius 1 is 1.40 bits per heavy atom. The van der Waals surface area contributed by atoms with Crippen molar-refractivity contribution in [3.63, 3.8) is 0 Å². The van der Waals surface area contributed by atoms with Crippen LogP contribution in [0, 0.1) is 12.3 Å². The monoisotopic (exact) mass is 204 g/mol. The summed E-state index contributed by atoms with van der Waals surface area (Å²) in [7, 11) is 1.64. The van der Waals surface area contributed by atoms with E-state index in [2.05, 4.69) is 5.92 Å². The van der Waals surface area contributed by atoms with Gasteiger partial charge in [0.2, 0.25) is 6.79 Å². The predicted molar refractivity (Wildman–Crippen MR) is 56.3 cm³/mol. The SMILES string of the molecule is C#CCCc1cc2c(cc1OC)OCO2. The lowest BCUT2D eigenvalue weighted by molar-refractivity contribution is 0.174. The summed E-state index contributed by atoms with van der Waals surface area (Å²) in [6.07, 6.45) is 6.71. The van der Waals surface area contributed by atoms with Crippen LogP contribution in [0.5, 0.6) is 17.2 Å². The van der Waals surface area contributed by atoms with Crippen LogP contribution in [-0.4, -0.2) is 13.9 Å². The van der Waals surface area contributed by atoms with Crippen molar-refractivity contribution in [1.82, 2.24) is 0 Å². The minimum atomic E-state index is 0.275. The summed E-state index contributed by atoms with van der Waals surface area (Å²) in [6.45, 7) is 0.275. The van der Waals surface area contributed by atoms with Crippen LogP contribution in [0.25, 0.3) is 0 Å². The van der Waals surface area contributed by atoms with Gasteiger partial charge < -0.3 is 14.2 Å². The Bertz CT molecular complexity index is 404. The molecule has 15 heavy (non-hydrogen) atoms. The van der Waals surface area contributed by atoms with Crippen molar-refractivity contribution in [2.75, 3.05) is 13.9 Å². The highest BCUT2D eigenvalue weighted by Gasteiger charge is 2.17. The first-order valence-electron chi connectivity index (χ1n) is 4.75. The maximum atomic E-state index is 5.29. The molecule has 0 unspecified atom stereocenters. The maximum Gasteiger partial charge on any atom is 0.231 e. The quantitative estimate of drug-likeness (QED) is 0.705. The predicted octanol–water partition coefficient (Wildman–Crippen LogP) is 1.99. The molecule has 78 valence electrons. The molecule has 0 aromatic heterocycles. The van der Waals surface area contributed by atoms with Crippen molar-refractivity contribution < 1.29 is 14.2 Å². The van der Waals surface area contributed by atoms with E-state index in [9.17, 15) is 0 Å². The Hall–Kier alpha value is -1.82. The molecule has 0 N–H and O–H groups in total. The Kier molecular flexibility index (Phi) is 2.68. The number of aryl methyl sites for hydroxylation is 1. The van der Waals surface area contributed by atoms with Gasteiger partial charge in [0.15, 0.2) is 11.5 Å². The van der Waals surface area contributed by atoms with Gasteiger partial charge in [-0.2, -0.15) is 0 Å². The Labute approximate surface area is 89.0 Å². The number of fused-ring (bicyclic) bond motifs is 1. The second kappa shape index (κ2) is 4.14. The number of rotatable bonds is 3. The molecule has 0 bridgehead atoms. The van der Waals surface area contributed by atoms with Gasteiger partial charge >= 0.3 is 0 Å². The Balaban J connectivity index is 2.32. The van der Waals surface area contributed by atoms with E-state index in [1.807, 2.05) is 12.1 Å². The van der Waals surface area contributed by atoms with Gasteiger partial charge in [0.05, 0.1) is 7.11 Å². The molecule has 0 saturated heterocycles. The number of hydrogen-bond acceptors (Lipinski definition) is 3. The van der Waals surface area contributed by atoms with Gasteiger partial charge in [-0.25, -0.2) is 0 Å². The first kappa shape index (κ1) is 9.72. The highest BCUT2D eigenvalue weighted by atomic mass is 16.7. The average Bonchev–Trinajstić information content (AvgIpc) is 2.71. The minimum Gasteiger partial charge on any atom is -0.496 e. The smallest absolute Gasteiger partial charge is 0.231 e. The molecule has 0 fully saturated rings. The second-order valence-electron chi connectivity index (χ2n) is 3.22. The minimum absolute atomic E-state index is 0.275. The highest BCUT2D eigenvalue weighted by molar-refractivity contribution is 5.51. The molecule has 0 saturated carbocycles. The van der Waals surface area contributed by atoms with E-state index in [1.54, 1.807) is 7.11 Å². The number of hydrogen-bond donors (Lipinski definition) is 0. The third kappa shape index (κ3) is 1.84. The van der Waals surface area contributed by atoms with Crippen LogP contribution < -0.4 is 14.2 Å². The van der Waals surface area contributed by atoms with Crippen LogP contribution >= 0.6 is 0 Å². The highest BCUT2D eigenvalue weighted by Crippen LogP contribution is 2.38. The fraction of sp³-hybridized carbons (Fsp3) is 0.333. The number of methoxy groups -OCH3 is 1. The van der Waals surface area contributed by atoms with E-state index in [1.165, 1.54) is 0 Å². The summed E-state index contributed by atoms with van der Waals surface area (Å²) in [5.74, 6) is 4.91. The van der Waals surface area contributed by atoms with E-state index in [0.717, 1.165) is 29.2 Å². The molecular weight excluding hydrogens is 192 g/mol. The van der Waals surface area contributed by atoms with Crippen LogP contribution in [0.2, 0.25) is 0 Å². The fourth-order valence-corrected chi connectivity index (χ4v) is 1.56. The molecule has 3 nitrogen and oxygen atoms in total. The number of terminal acetylenes is 1. The van der Waals surface area contributed by atoms with E-state index < -0.39 is 0 Å². The molecule has 1 aliphatic heterocycles. The molecule has 1 heterocycles. The van der Waals surface area contributed by atoms with E-state index in [4.69, 9.17) is 20.6 Å². The van der Waals surface area contributed by atoms with Crippen molar-refractivity contribution in [3.05, 3.63) is 17.7 Å². The third-order valence-corrected chi connectivity index (χ3v) is 2.31. The fourth-order valence-electron chi connectivity index (χ4n) is 1.56. The molecule has 0 atom stereocenters. The molecule has 0 radical (unpaired) electrons. The molecule has 3 heteroatoms. The largest absolute Gasteiger partial charge is 0.496 e. The third-order valence-electron chi connectivity index (χ3n) is 2.31. The second-order valence-corrected chi connectivity index (χ2v) is 3.22. The summed E-state index contributed by atoms with van der Waals surface area (Å²) < 4.78 is 15.8. The molecule has 1 aromatic carbocycles. The molecule has 0 spiro atoms. The molecular formula is C12H12O3. The van der Waals surface area contributed by atoms with Crippen molar-refractivity contribution in [3.8, 4) is 29.6 Å². The molecule has 0 amide bonds. The lowest BCUT2D eigenvalue weighted by Gasteiger charge is -2.08.